The van der Waals surface area contributed by atoms with Gasteiger partial charge in [-0.05, 0) is 42.7 Å². The molecule has 3 nitrogen and oxygen atoms in total. The summed E-state index contributed by atoms with van der Waals surface area (Å²) in [5, 5.41) is 11.2. The van der Waals surface area contributed by atoms with Crippen LogP contribution in [0.1, 0.15) is 23.5 Å². The van der Waals surface area contributed by atoms with Crippen LogP contribution < -0.4 is 4.57 Å². The molecule has 0 saturated heterocycles. The van der Waals surface area contributed by atoms with Gasteiger partial charge in [-0.2, -0.15) is 5.26 Å². The molecule has 0 bridgehead atoms. The fourth-order valence-corrected chi connectivity index (χ4v) is 3.96. The molecule has 2 heterocycles. The number of fused-ring (bicyclic) bond motifs is 3. The van der Waals surface area contributed by atoms with Gasteiger partial charge in [-0.3, -0.25) is 0 Å². The maximum absolute atomic E-state index is 9.88. The molecule has 0 aliphatic rings. The second-order valence-corrected chi connectivity index (χ2v) is 7.41. The third-order valence-corrected chi connectivity index (χ3v) is 5.45. The van der Waals surface area contributed by atoms with Crippen molar-refractivity contribution in [3.63, 3.8) is 0 Å². The first-order chi connectivity index (χ1) is 16.6. The van der Waals surface area contributed by atoms with Crippen molar-refractivity contribution < 1.29 is 15.8 Å². The standard InChI is InChI=1S/C27H21N2O/c1-17-13-14-29(3)23(15-17)24-18(2)9-11-22-25-20(16-28)10-12-21(26(25)30-27(22)24)19-7-5-4-6-8-19/h4-15H,1-3H3/q+1/i4D,5D,6D,7D,8D. The molecular weight excluding hydrogens is 368 g/mol. The molecular formula is C27H21N2O+. The van der Waals surface area contributed by atoms with Gasteiger partial charge in [-0.15, -0.1) is 0 Å². The van der Waals surface area contributed by atoms with Crippen molar-refractivity contribution in [1.82, 2.24) is 0 Å². The third-order valence-electron chi connectivity index (χ3n) is 5.45. The number of hydrogen-bond acceptors (Lipinski definition) is 2. The fourth-order valence-electron chi connectivity index (χ4n) is 3.96. The summed E-state index contributed by atoms with van der Waals surface area (Å²) in [5.74, 6) is 0. The van der Waals surface area contributed by atoms with Crippen molar-refractivity contribution in [2.24, 2.45) is 7.05 Å². The number of nitriles is 1. The summed E-state index contributed by atoms with van der Waals surface area (Å²) in [6.07, 6.45) is 1.98. The molecule has 0 spiro atoms. The Balaban J connectivity index is 1.97. The van der Waals surface area contributed by atoms with E-state index in [0.717, 1.165) is 27.8 Å². The minimum atomic E-state index is -0.455. The molecule has 0 aliphatic heterocycles. The van der Waals surface area contributed by atoms with Gasteiger partial charge in [0.25, 0.3) is 0 Å². The molecule has 0 amide bonds. The number of pyridine rings is 1. The highest BCUT2D eigenvalue weighted by atomic mass is 16.3. The van der Waals surface area contributed by atoms with Crippen LogP contribution in [0.15, 0.2) is 77.2 Å². The van der Waals surface area contributed by atoms with Gasteiger partial charge in [-0.25, -0.2) is 4.57 Å². The van der Waals surface area contributed by atoms with E-state index in [1.165, 1.54) is 0 Å². The van der Waals surface area contributed by atoms with Crippen molar-refractivity contribution in [2.45, 2.75) is 13.8 Å². The highest BCUT2D eigenvalue weighted by Crippen LogP contribution is 2.41. The first-order valence-electron chi connectivity index (χ1n) is 12.1. The monoisotopic (exact) mass is 394 g/mol. The minimum absolute atomic E-state index is 0.0453. The van der Waals surface area contributed by atoms with E-state index >= 15 is 0 Å². The Morgan fingerprint density at radius 2 is 1.80 bits per heavy atom. The smallest absolute Gasteiger partial charge is 0.216 e. The number of aromatic nitrogens is 1. The Morgan fingerprint density at radius 1 is 1.00 bits per heavy atom. The van der Waals surface area contributed by atoms with Crippen LogP contribution in [0, 0.1) is 25.2 Å². The third kappa shape index (κ3) is 2.69. The highest BCUT2D eigenvalue weighted by Gasteiger charge is 2.23. The number of hydrogen-bond donors (Lipinski definition) is 0. The van der Waals surface area contributed by atoms with Gasteiger partial charge in [0.1, 0.15) is 18.2 Å². The van der Waals surface area contributed by atoms with E-state index in [4.69, 9.17) is 11.3 Å². The first-order valence-corrected chi connectivity index (χ1v) is 9.58. The molecule has 0 aliphatic carbocycles. The van der Waals surface area contributed by atoms with Crippen LogP contribution >= 0.6 is 0 Å². The molecule has 0 saturated carbocycles. The van der Waals surface area contributed by atoms with Crippen LogP contribution in [-0.2, 0) is 7.05 Å². The van der Waals surface area contributed by atoms with Gasteiger partial charge >= 0.3 is 0 Å². The summed E-state index contributed by atoms with van der Waals surface area (Å²) in [5.41, 5.74) is 5.57. The summed E-state index contributed by atoms with van der Waals surface area (Å²) in [4.78, 5) is 0. The van der Waals surface area contributed by atoms with Gasteiger partial charge in [-0.1, -0.05) is 42.3 Å². The van der Waals surface area contributed by atoms with Crippen molar-refractivity contribution in [3.05, 3.63) is 89.5 Å². The van der Waals surface area contributed by atoms with Crippen molar-refractivity contribution in [1.29, 1.82) is 5.26 Å². The summed E-state index contributed by atoms with van der Waals surface area (Å²) in [6, 6.07) is 11.5. The number of benzene rings is 3. The van der Waals surface area contributed by atoms with Gasteiger partial charge in [0.05, 0.1) is 24.0 Å². The zero-order valence-corrected chi connectivity index (χ0v) is 16.8. The second-order valence-electron chi connectivity index (χ2n) is 7.41. The van der Waals surface area contributed by atoms with E-state index < -0.39 is 18.1 Å². The van der Waals surface area contributed by atoms with E-state index in [-0.39, 0.29) is 17.6 Å². The Labute approximate surface area is 182 Å². The van der Waals surface area contributed by atoms with Gasteiger partial charge in [0, 0.05) is 28.5 Å². The molecule has 5 aromatic rings. The molecule has 2 aromatic heterocycles. The number of rotatable bonds is 2. The SMILES string of the molecule is [2H]c1c([2H])c([2H])c(-c2ccc(C#N)c3c2oc2c(-c4cc(C)cc[n+]4C)c(C)ccc23)c([2H])c1[2H]. The Morgan fingerprint density at radius 3 is 2.57 bits per heavy atom. The van der Waals surface area contributed by atoms with Crippen molar-refractivity contribution in [3.8, 4) is 28.5 Å². The summed E-state index contributed by atoms with van der Waals surface area (Å²) < 4.78 is 49.5. The van der Waals surface area contributed by atoms with Crippen LogP contribution in [0.4, 0.5) is 0 Å². The molecule has 0 atom stereocenters. The predicted molar refractivity (Wildman–Crippen MR) is 120 cm³/mol. The Hall–Kier alpha value is -3.90. The average molecular weight is 395 g/mol. The Kier molecular flexibility index (Phi) is 3.05. The van der Waals surface area contributed by atoms with Gasteiger partial charge in [0.2, 0.25) is 5.69 Å². The van der Waals surface area contributed by atoms with Crippen LogP contribution in [0.3, 0.4) is 0 Å². The topological polar surface area (TPSA) is 40.8 Å². The molecule has 5 rings (SSSR count). The average Bonchev–Trinajstić information content (AvgIpc) is 3.23. The molecule has 0 radical (unpaired) electrons. The van der Waals surface area contributed by atoms with Crippen molar-refractivity contribution >= 4 is 21.9 Å². The largest absolute Gasteiger partial charge is 0.454 e. The van der Waals surface area contributed by atoms with Crippen LogP contribution in [-0.4, -0.2) is 0 Å². The minimum Gasteiger partial charge on any atom is -0.454 e. The Bertz CT molecular complexity index is 1720. The van der Waals surface area contributed by atoms with Crippen molar-refractivity contribution in [2.75, 3.05) is 0 Å². The lowest BCUT2D eigenvalue weighted by molar-refractivity contribution is -0.660. The zero-order chi connectivity index (χ0) is 25.2. The molecule has 0 N–H and O–H groups in total. The van der Waals surface area contributed by atoms with E-state index in [0.29, 0.717) is 27.7 Å². The zero-order valence-electron chi connectivity index (χ0n) is 21.8. The maximum Gasteiger partial charge on any atom is 0.216 e. The molecule has 3 aromatic carbocycles. The van der Waals surface area contributed by atoms with E-state index in [9.17, 15) is 5.26 Å². The van der Waals surface area contributed by atoms with Crippen LogP contribution in [0.25, 0.3) is 44.3 Å². The quantitative estimate of drug-likeness (QED) is 0.333. The molecule has 0 unspecified atom stereocenters. The van der Waals surface area contributed by atoms with Crippen LogP contribution in [0.5, 0.6) is 0 Å². The van der Waals surface area contributed by atoms with Crippen LogP contribution in [0.2, 0.25) is 0 Å². The lowest BCUT2D eigenvalue weighted by atomic mass is 9.96. The molecule has 30 heavy (non-hydrogen) atoms. The van der Waals surface area contributed by atoms with E-state index in [1.54, 1.807) is 12.1 Å². The fraction of sp³-hybridized carbons (Fsp3) is 0.111. The normalized spacial score (nSPS) is 13.5. The lowest BCUT2D eigenvalue weighted by Crippen LogP contribution is -2.30. The maximum atomic E-state index is 9.88. The number of furan rings is 1. The van der Waals surface area contributed by atoms with E-state index in [1.807, 2.05) is 49.9 Å². The first kappa shape index (κ1) is 13.3. The molecule has 3 heteroatoms. The summed E-state index contributed by atoms with van der Waals surface area (Å²) in [7, 11) is 1.95. The number of nitrogens with zero attached hydrogens (tertiary/aromatic N) is 2. The summed E-state index contributed by atoms with van der Waals surface area (Å²) in [6.45, 7) is 4.01. The van der Waals surface area contributed by atoms with E-state index in [2.05, 4.69) is 12.1 Å². The summed E-state index contributed by atoms with van der Waals surface area (Å²) >= 11 is 0. The van der Waals surface area contributed by atoms with Gasteiger partial charge in [0.15, 0.2) is 6.20 Å². The van der Waals surface area contributed by atoms with Gasteiger partial charge < -0.3 is 4.42 Å². The predicted octanol–water partition coefficient (Wildman–Crippen LogP) is 6.23. The highest BCUT2D eigenvalue weighted by molar-refractivity contribution is 6.15. The number of aryl methyl sites for hydroxylation is 3. The lowest BCUT2D eigenvalue weighted by Gasteiger charge is -2.06. The second kappa shape index (κ2) is 6.86. The molecule has 144 valence electrons. The molecule has 0 fully saturated rings.